The fourth-order valence-corrected chi connectivity index (χ4v) is 6.95. The minimum Gasteiger partial charge on any atom is -0.364 e. The summed E-state index contributed by atoms with van der Waals surface area (Å²) in [5, 5.41) is 4.23. The summed E-state index contributed by atoms with van der Waals surface area (Å²) in [6.07, 6.45) is 8.74. The molecule has 0 aliphatic carbocycles. The molecule has 254 valence electrons. The summed E-state index contributed by atoms with van der Waals surface area (Å²) in [6, 6.07) is 8.83. The van der Waals surface area contributed by atoms with Crippen LogP contribution in [-0.2, 0) is 12.5 Å². The summed E-state index contributed by atoms with van der Waals surface area (Å²) in [4.78, 5) is 29.9. The van der Waals surface area contributed by atoms with Crippen molar-refractivity contribution in [3.8, 4) is 0 Å². The van der Waals surface area contributed by atoms with Crippen LogP contribution in [0.15, 0.2) is 66.8 Å². The number of allylic oxidation sites excluding steroid dienone is 1. The van der Waals surface area contributed by atoms with E-state index in [0.29, 0.717) is 55.7 Å². The number of aromatic nitrogens is 3. The van der Waals surface area contributed by atoms with Crippen LogP contribution < -0.4 is 15.8 Å². The fraction of sp³-hybridized carbons (Fsp3) is 0.541. The first-order valence-corrected chi connectivity index (χ1v) is 17.2. The highest BCUT2D eigenvalue weighted by Crippen LogP contribution is 2.42. The van der Waals surface area contributed by atoms with E-state index in [4.69, 9.17) is 0 Å². The van der Waals surface area contributed by atoms with Crippen LogP contribution in [0.1, 0.15) is 70.0 Å². The number of pyridine rings is 1. The third-order valence-electron chi connectivity index (χ3n) is 9.90. The summed E-state index contributed by atoms with van der Waals surface area (Å²) < 4.78 is 33.4. The zero-order chi connectivity index (χ0) is 33.6. The number of nitrogens with one attached hydrogen (secondary N) is 1. The predicted octanol–water partition coefficient (Wildman–Crippen LogP) is 6.84. The van der Waals surface area contributed by atoms with Gasteiger partial charge in [-0.15, -0.1) is 13.2 Å². The number of alkyl halides is 2. The van der Waals surface area contributed by atoms with Crippen LogP contribution in [0.2, 0.25) is 0 Å². The van der Waals surface area contributed by atoms with Crippen molar-refractivity contribution in [3.63, 3.8) is 0 Å². The SMILES string of the molecule is C=CCCCCn1c(=O)c(N2CCN(C(C)C)CC2)cc2c(NC(C)c3cccc(C(F)(F)C4CCN(CC=C)CC4)c3)ncnc21. The van der Waals surface area contributed by atoms with E-state index in [2.05, 4.69) is 57.0 Å². The molecule has 1 aromatic carbocycles. The molecule has 2 aliphatic heterocycles. The van der Waals surface area contributed by atoms with Crippen molar-refractivity contribution in [3.05, 3.63) is 83.4 Å². The van der Waals surface area contributed by atoms with E-state index in [1.54, 1.807) is 22.8 Å². The number of hydrogen-bond acceptors (Lipinski definition) is 7. The monoisotopic (exact) mass is 647 g/mol. The quantitative estimate of drug-likeness (QED) is 0.152. The Labute approximate surface area is 278 Å². The largest absolute Gasteiger partial charge is 0.364 e. The fourth-order valence-electron chi connectivity index (χ4n) is 6.95. The molecule has 8 nitrogen and oxygen atoms in total. The summed E-state index contributed by atoms with van der Waals surface area (Å²) >= 11 is 0. The smallest absolute Gasteiger partial charge is 0.276 e. The number of anilines is 2. The lowest BCUT2D eigenvalue weighted by molar-refractivity contribution is -0.0847. The molecule has 0 spiro atoms. The van der Waals surface area contributed by atoms with Crippen molar-refractivity contribution < 1.29 is 8.78 Å². The lowest BCUT2D eigenvalue weighted by Crippen LogP contribution is -2.50. The maximum Gasteiger partial charge on any atom is 0.276 e. The average Bonchev–Trinajstić information content (AvgIpc) is 3.08. The zero-order valence-electron chi connectivity index (χ0n) is 28.3. The second kappa shape index (κ2) is 15.5. The van der Waals surface area contributed by atoms with E-state index in [1.807, 2.05) is 31.2 Å². The Kier molecular flexibility index (Phi) is 11.5. The Bertz CT molecular complexity index is 1570. The summed E-state index contributed by atoms with van der Waals surface area (Å²) in [5.74, 6) is -3.04. The van der Waals surface area contributed by atoms with Gasteiger partial charge < -0.3 is 10.2 Å². The van der Waals surface area contributed by atoms with Crippen LogP contribution in [0.4, 0.5) is 20.3 Å². The van der Waals surface area contributed by atoms with Crippen LogP contribution in [-0.4, -0.2) is 76.2 Å². The van der Waals surface area contributed by atoms with E-state index < -0.39 is 11.8 Å². The van der Waals surface area contributed by atoms with Gasteiger partial charge in [0.05, 0.1) is 5.39 Å². The van der Waals surface area contributed by atoms with E-state index in [9.17, 15) is 4.79 Å². The number of benzene rings is 1. The van der Waals surface area contributed by atoms with Gasteiger partial charge in [-0.2, -0.15) is 0 Å². The number of nitrogens with zero attached hydrogens (tertiary/aromatic N) is 6. The molecule has 1 atom stereocenters. The van der Waals surface area contributed by atoms with E-state index in [-0.39, 0.29) is 17.2 Å². The van der Waals surface area contributed by atoms with E-state index in [1.165, 1.54) is 6.33 Å². The number of aryl methyl sites for hydroxylation is 1. The Morgan fingerprint density at radius 2 is 1.74 bits per heavy atom. The van der Waals surface area contributed by atoms with Crippen molar-refractivity contribution in [1.82, 2.24) is 24.3 Å². The highest BCUT2D eigenvalue weighted by molar-refractivity contribution is 5.89. The number of hydrogen-bond donors (Lipinski definition) is 1. The first-order chi connectivity index (χ1) is 22.6. The van der Waals surface area contributed by atoms with Gasteiger partial charge in [0.15, 0.2) is 0 Å². The van der Waals surface area contributed by atoms with Crippen LogP contribution in [0, 0.1) is 5.92 Å². The van der Waals surface area contributed by atoms with Gasteiger partial charge in [0.1, 0.15) is 23.5 Å². The minimum absolute atomic E-state index is 0.0444. The molecule has 1 N–H and O–H groups in total. The molecule has 0 saturated carbocycles. The molecule has 2 aromatic heterocycles. The summed E-state index contributed by atoms with van der Waals surface area (Å²) in [7, 11) is 0. The van der Waals surface area contributed by atoms with Crippen LogP contribution >= 0.6 is 0 Å². The van der Waals surface area contributed by atoms with Gasteiger partial charge in [-0.05, 0) is 83.7 Å². The number of piperidine rings is 1. The number of likely N-dealkylation sites (tertiary alicyclic amines) is 1. The normalized spacial score (nSPS) is 17.7. The van der Waals surface area contributed by atoms with Crippen molar-refractivity contribution >= 4 is 22.5 Å². The molecule has 0 amide bonds. The number of piperazine rings is 1. The zero-order valence-corrected chi connectivity index (χ0v) is 28.3. The molecule has 10 heteroatoms. The molecule has 3 aromatic rings. The van der Waals surface area contributed by atoms with Gasteiger partial charge in [-0.25, -0.2) is 18.7 Å². The number of halogens is 2. The Morgan fingerprint density at radius 1 is 1.00 bits per heavy atom. The van der Waals surface area contributed by atoms with Crippen LogP contribution in [0.3, 0.4) is 0 Å². The first kappa shape index (κ1) is 34.7. The molecule has 5 rings (SSSR count). The van der Waals surface area contributed by atoms with Gasteiger partial charge in [-0.1, -0.05) is 30.4 Å². The molecule has 2 aliphatic rings. The maximum absolute atomic E-state index is 15.8. The van der Waals surface area contributed by atoms with E-state index in [0.717, 1.165) is 62.9 Å². The molecule has 0 radical (unpaired) electrons. The summed E-state index contributed by atoms with van der Waals surface area (Å²) in [5.41, 5.74) is 1.98. The second-order valence-electron chi connectivity index (χ2n) is 13.3. The molecular formula is C37H51F2N7O. The number of rotatable bonds is 14. The van der Waals surface area contributed by atoms with Gasteiger partial charge in [0, 0.05) is 62.8 Å². The van der Waals surface area contributed by atoms with Crippen molar-refractivity contribution in [2.75, 3.05) is 56.0 Å². The third kappa shape index (κ3) is 7.92. The highest BCUT2D eigenvalue weighted by Gasteiger charge is 2.42. The second-order valence-corrected chi connectivity index (χ2v) is 13.3. The maximum atomic E-state index is 15.8. The third-order valence-corrected chi connectivity index (χ3v) is 9.90. The number of fused-ring (bicyclic) bond motifs is 1. The lowest BCUT2D eigenvalue weighted by Gasteiger charge is -2.38. The molecule has 0 bridgehead atoms. The minimum atomic E-state index is -2.92. The Hall–Kier alpha value is -3.63. The van der Waals surface area contributed by atoms with Crippen molar-refractivity contribution in [1.29, 1.82) is 0 Å². The van der Waals surface area contributed by atoms with Crippen molar-refractivity contribution in [2.45, 2.75) is 77.4 Å². The van der Waals surface area contributed by atoms with Crippen LogP contribution in [0.5, 0.6) is 0 Å². The molecular weight excluding hydrogens is 596 g/mol. The lowest BCUT2D eigenvalue weighted by atomic mass is 9.85. The van der Waals surface area contributed by atoms with Crippen molar-refractivity contribution in [2.24, 2.45) is 5.92 Å². The molecule has 47 heavy (non-hydrogen) atoms. The van der Waals surface area contributed by atoms with Gasteiger partial charge in [0.2, 0.25) is 0 Å². The molecule has 1 unspecified atom stereocenters. The first-order valence-electron chi connectivity index (χ1n) is 17.2. The predicted molar refractivity (Wildman–Crippen MR) is 189 cm³/mol. The number of unbranched alkanes of at least 4 members (excludes halogenated alkanes) is 2. The van der Waals surface area contributed by atoms with Gasteiger partial charge in [0.25, 0.3) is 11.5 Å². The molecule has 2 fully saturated rings. The standard InChI is InChI=1S/C37H51F2N7O/c1-6-8-9-10-17-46-35-32(25-33(36(46)47)45-22-20-44(21-23-45)27(3)4)34(40-26-41-35)42-28(5)29-12-11-13-31(24-29)37(38,39)30-14-18-43(16-7-2)19-15-30/h6-7,11-13,24-28,30H,1-2,8-10,14-23H2,3-5H3,(H,40,41,42). The van der Waals surface area contributed by atoms with Gasteiger partial charge >= 0.3 is 0 Å². The molecule has 2 saturated heterocycles. The topological polar surface area (TPSA) is 69.5 Å². The Balaban J connectivity index is 1.42. The Morgan fingerprint density at radius 3 is 2.43 bits per heavy atom. The summed E-state index contributed by atoms with van der Waals surface area (Å²) in [6.45, 7) is 19.8. The average molecular weight is 648 g/mol. The van der Waals surface area contributed by atoms with E-state index >= 15 is 8.78 Å². The molecule has 4 heterocycles. The van der Waals surface area contributed by atoms with Crippen LogP contribution in [0.25, 0.3) is 11.0 Å². The van der Waals surface area contributed by atoms with Gasteiger partial charge in [-0.3, -0.25) is 19.2 Å². The highest BCUT2D eigenvalue weighted by atomic mass is 19.3.